The summed E-state index contributed by atoms with van der Waals surface area (Å²) in [7, 11) is 0. The summed E-state index contributed by atoms with van der Waals surface area (Å²) in [4.78, 5) is 0. The molecule has 114 valence electrons. The summed E-state index contributed by atoms with van der Waals surface area (Å²) in [5, 5.41) is 3.69. The predicted octanol–water partition coefficient (Wildman–Crippen LogP) is 4.57. The molecule has 1 rings (SSSR count). The second-order valence-electron chi connectivity index (χ2n) is 6.65. The van der Waals surface area contributed by atoms with Crippen LogP contribution in [0.15, 0.2) is 30.3 Å². The smallest absolute Gasteiger partial charge is 0.0478 e. The lowest BCUT2D eigenvalue weighted by molar-refractivity contribution is 0.131. The van der Waals surface area contributed by atoms with E-state index in [2.05, 4.69) is 63.3 Å². The van der Waals surface area contributed by atoms with Crippen molar-refractivity contribution in [2.45, 2.75) is 53.0 Å². The second-order valence-corrected chi connectivity index (χ2v) is 6.65. The molecule has 0 saturated carbocycles. The summed E-state index contributed by atoms with van der Waals surface area (Å²) in [6, 6.07) is 11.2. The Morgan fingerprint density at radius 1 is 1.10 bits per heavy atom. The van der Waals surface area contributed by atoms with Crippen LogP contribution in [0.3, 0.4) is 0 Å². The maximum Gasteiger partial charge on any atom is 0.0478 e. The molecule has 1 aromatic carbocycles. The van der Waals surface area contributed by atoms with E-state index in [0.717, 1.165) is 39.0 Å². The summed E-state index contributed by atoms with van der Waals surface area (Å²) in [5.74, 6) is 0. The van der Waals surface area contributed by atoms with Gasteiger partial charge in [0.15, 0.2) is 0 Å². The van der Waals surface area contributed by atoms with Crippen LogP contribution in [0, 0.1) is 5.41 Å². The van der Waals surface area contributed by atoms with Crippen molar-refractivity contribution in [1.82, 2.24) is 5.32 Å². The summed E-state index contributed by atoms with van der Waals surface area (Å²) < 4.78 is 5.53. The van der Waals surface area contributed by atoms with Gasteiger partial charge < -0.3 is 10.1 Å². The van der Waals surface area contributed by atoms with Crippen molar-refractivity contribution in [2.75, 3.05) is 19.8 Å². The van der Waals surface area contributed by atoms with Gasteiger partial charge in [-0.05, 0) is 36.8 Å². The number of benzene rings is 1. The summed E-state index contributed by atoms with van der Waals surface area (Å²) >= 11 is 0. The fourth-order valence-corrected chi connectivity index (χ4v) is 2.30. The number of ether oxygens (including phenoxy) is 1. The average Bonchev–Trinajstić information content (AvgIpc) is 2.41. The van der Waals surface area contributed by atoms with Crippen molar-refractivity contribution < 1.29 is 4.74 Å². The molecule has 1 atom stereocenters. The third-order valence-corrected chi connectivity index (χ3v) is 3.22. The monoisotopic (exact) mass is 277 g/mol. The Hall–Kier alpha value is -0.860. The van der Waals surface area contributed by atoms with Crippen LogP contribution in [0.1, 0.15) is 58.6 Å². The molecule has 1 N–H and O–H groups in total. The lowest BCUT2D eigenvalue weighted by atomic mass is 9.85. The molecule has 0 aliphatic rings. The zero-order chi connectivity index (χ0) is 14.8. The van der Waals surface area contributed by atoms with Crippen LogP contribution < -0.4 is 5.32 Å². The van der Waals surface area contributed by atoms with Crippen molar-refractivity contribution in [3.05, 3.63) is 35.9 Å². The first-order chi connectivity index (χ1) is 9.53. The molecule has 2 heteroatoms. The average molecular weight is 277 g/mol. The van der Waals surface area contributed by atoms with Gasteiger partial charge in [0.1, 0.15) is 0 Å². The van der Waals surface area contributed by atoms with Crippen molar-refractivity contribution in [1.29, 1.82) is 0 Å². The van der Waals surface area contributed by atoms with Gasteiger partial charge in [0.2, 0.25) is 0 Å². The maximum absolute atomic E-state index is 5.53. The van der Waals surface area contributed by atoms with Gasteiger partial charge in [-0.2, -0.15) is 0 Å². The standard InChI is InChI=1S/C18H31NO/c1-5-13-20-14-9-12-19-17(15-18(2,3)4)16-10-7-6-8-11-16/h6-8,10-11,17,19H,5,9,12-15H2,1-4H3. The Labute approximate surface area is 124 Å². The van der Waals surface area contributed by atoms with Crippen LogP contribution in [0.2, 0.25) is 0 Å². The van der Waals surface area contributed by atoms with E-state index in [1.165, 1.54) is 5.56 Å². The predicted molar refractivity (Wildman–Crippen MR) is 87.0 cm³/mol. The van der Waals surface area contributed by atoms with E-state index in [9.17, 15) is 0 Å². The van der Waals surface area contributed by atoms with E-state index in [1.807, 2.05) is 0 Å². The lowest BCUT2D eigenvalue weighted by Crippen LogP contribution is -2.27. The van der Waals surface area contributed by atoms with Crippen molar-refractivity contribution in [2.24, 2.45) is 5.41 Å². The number of hydrogen-bond acceptors (Lipinski definition) is 2. The maximum atomic E-state index is 5.53. The Bertz CT molecular complexity index is 342. The Morgan fingerprint density at radius 2 is 1.80 bits per heavy atom. The second kappa shape index (κ2) is 9.15. The van der Waals surface area contributed by atoms with E-state index in [-0.39, 0.29) is 0 Å². The highest BCUT2D eigenvalue weighted by molar-refractivity contribution is 5.19. The molecule has 0 spiro atoms. The summed E-state index contributed by atoms with van der Waals surface area (Å²) in [6.45, 7) is 11.8. The molecule has 20 heavy (non-hydrogen) atoms. The third kappa shape index (κ3) is 7.66. The Kier molecular flexibility index (Phi) is 7.86. The van der Waals surface area contributed by atoms with Gasteiger partial charge in [0, 0.05) is 19.3 Å². The quantitative estimate of drug-likeness (QED) is 0.668. The zero-order valence-electron chi connectivity index (χ0n) is 13.6. The SMILES string of the molecule is CCCOCCCNC(CC(C)(C)C)c1ccccc1. The fraction of sp³-hybridized carbons (Fsp3) is 0.667. The molecule has 0 heterocycles. The van der Waals surface area contributed by atoms with Crippen LogP contribution in [-0.2, 0) is 4.74 Å². The van der Waals surface area contributed by atoms with Gasteiger partial charge in [-0.3, -0.25) is 0 Å². The molecular weight excluding hydrogens is 246 g/mol. The van der Waals surface area contributed by atoms with Crippen LogP contribution in [0.4, 0.5) is 0 Å². The molecular formula is C18H31NO. The Morgan fingerprint density at radius 3 is 2.40 bits per heavy atom. The largest absolute Gasteiger partial charge is 0.381 e. The van der Waals surface area contributed by atoms with Crippen molar-refractivity contribution in [3.8, 4) is 0 Å². The van der Waals surface area contributed by atoms with Crippen molar-refractivity contribution in [3.63, 3.8) is 0 Å². The molecule has 2 nitrogen and oxygen atoms in total. The normalized spacial score (nSPS) is 13.4. The molecule has 0 fully saturated rings. The summed E-state index contributed by atoms with van der Waals surface area (Å²) in [6.07, 6.45) is 3.32. The molecule has 0 bridgehead atoms. The third-order valence-electron chi connectivity index (χ3n) is 3.22. The van der Waals surface area contributed by atoms with Crippen LogP contribution in [0.5, 0.6) is 0 Å². The molecule has 0 amide bonds. The lowest BCUT2D eigenvalue weighted by Gasteiger charge is -2.27. The highest BCUT2D eigenvalue weighted by Gasteiger charge is 2.19. The highest BCUT2D eigenvalue weighted by Crippen LogP contribution is 2.29. The van der Waals surface area contributed by atoms with Crippen LogP contribution >= 0.6 is 0 Å². The minimum Gasteiger partial charge on any atom is -0.381 e. The van der Waals surface area contributed by atoms with Gasteiger partial charge in [0.05, 0.1) is 0 Å². The van der Waals surface area contributed by atoms with E-state index >= 15 is 0 Å². The van der Waals surface area contributed by atoms with E-state index in [4.69, 9.17) is 4.74 Å². The van der Waals surface area contributed by atoms with Crippen LogP contribution in [0.25, 0.3) is 0 Å². The van der Waals surface area contributed by atoms with Crippen LogP contribution in [-0.4, -0.2) is 19.8 Å². The topological polar surface area (TPSA) is 21.3 Å². The number of hydrogen-bond donors (Lipinski definition) is 1. The first-order valence-electron chi connectivity index (χ1n) is 7.89. The zero-order valence-corrected chi connectivity index (χ0v) is 13.6. The van der Waals surface area contributed by atoms with Gasteiger partial charge in [-0.15, -0.1) is 0 Å². The summed E-state index contributed by atoms with van der Waals surface area (Å²) in [5.41, 5.74) is 1.71. The fourth-order valence-electron chi connectivity index (χ4n) is 2.30. The van der Waals surface area contributed by atoms with Crippen molar-refractivity contribution >= 4 is 0 Å². The Balaban J connectivity index is 2.43. The van der Waals surface area contributed by atoms with Gasteiger partial charge in [0.25, 0.3) is 0 Å². The highest BCUT2D eigenvalue weighted by atomic mass is 16.5. The molecule has 1 aromatic rings. The first kappa shape index (κ1) is 17.2. The number of nitrogens with one attached hydrogen (secondary N) is 1. The first-order valence-corrected chi connectivity index (χ1v) is 7.89. The van der Waals surface area contributed by atoms with E-state index < -0.39 is 0 Å². The molecule has 0 saturated heterocycles. The minimum absolute atomic E-state index is 0.326. The molecule has 0 aromatic heterocycles. The van der Waals surface area contributed by atoms with Gasteiger partial charge in [-0.25, -0.2) is 0 Å². The molecule has 0 aliphatic heterocycles. The molecule has 1 unspecified atom stereocenters. The number of rotatable bonds is 9. The minimum atomic E-state index is 0.326. The van der Waals surface area contributed by atoms with E-state index in [1.54, 1.807) is 0 Å². The van der Waals surface area contributed by atoms with Gasteiger partial charge in [-0.1, -0.05) is 58.0 Å². The van der Waals surface area contributed by atoms with Gasteiger partial charge >= 0.3 is 0 Å². The molecule has 0 radical (unpaired) electrons. The molecule has 0 aliphatic carbocycles. The van der Waals surface area contributed by atoms with E-state index in [0.29, 0.717) is 11.5 Å².